The lowest BCUT2D eigenvalue weighted by molar-refractivity contribution is -0.146. The molecule has 0 bridgehead atoms. The fraction of sp³-hybridized carbons (Fsp3) is 0.167. The van der Waals surface area contributed by atoms with Gasteiger partial charge in [0.15, 0.2) is 18.1 Å². The Bertz CT molecular complexity index is 1030. The van der Waals surface area contributed by atoms with Crippen LogP contribution in [0, 0.1) is 0 Å². The van der Waals surface area contributed by atoms with E-state index in [2.05, 4.69) is 5.32 Å². The lowest BCUT2D eigenvalue weighted by atomic mass is 10.1. The second-order valence-corrected chi connectivity index (χ2v) is 6.81. The third kappa shape index (κ3) is 4.97. The van der Waals surface area contributed by atoms with Crippen molar-refractivity contribution in [3.8, 4) is 22.6 Å². The van der Waals surface area contributed by atoms with Crippen molar-refractivity contribution in [2.75, 3.05) is 25.1 Å². The predicted octanol–water partition coefficient (Wildman–Crippen LogP) is 3.85. The molecular formula is C24H21NO5. The van der Waals surface area contributed by atoms with Gasteiger partial charge in [-0.05, 0) is 41.0 Å². The van der Waals surface area contributed by atoms with Crippen LogP contribution in [0.5, 0.6) is 11.5 Å². The van der Waals surface area contributed by atoms with Crippen molar-refractivity contribution in [1.82, 2.24) is 0 Å². The molecule has 4 rings (SSSR count). The van der Waals surface area contributed by atoms with Crippen molar-refractivity contribution in [2.24, 2.45) is 0 Å². The summed E-state index contributed by atoms with van der Waals surface area (Å²) >= 11 is 0. The first-order valence-corrected chi connectivity index (χ1v) is 9.67. The van der Waals surface area contributed by atoms with Crippen LogP contribution in [0.2, 0.25) is 0 Å². The summed E-state index contributed by atoms with van der Waals surface area (Å²) in [5.41, 5.74) is 3.53. The van der Waals surface area contributed by atoms with Crippen molar-refractivity contribution in [3.05, 3.63) is 78.4 Å². The molecule has 1 aliphatic rings. The molecule has 0 saturated carbocycles. The maximum Gasteiger partial charge on any atom is 0.310 e. The first-order valence-electron chi connectivity index (χ1n) is 9.67. The Labute approximate surface area is 174 Å². The number of ether oxygens (including phenoxy) is 3. The molecule has 152 valence electrons. The Hall–Kier alpha value is -3.80. The third-order valence-corrected chi connectivity index (χ3v) is 4.60. The van der Waals surface area contributed by atoms with Gasteiger partial charge in [-0.2, -0.15) is 0 Å². The second kappa shape index (κ2) is 9.13. The number of carbonyl (C=O) groups is 2. The smallest absolute Gasteiger partial charge is 0.310 e. The molecule has 1 amide bonds. The average molecular weight is 403 g/mol. The zero-order chi connectivity index (χ0) is 20.8. The Morgan fingerprint density at radius 3 is 2.30 bits per heavy atom. The topological polar surface area (TPSA) is 73.9 Å². The van der Waals surface area contributed by atoms with E-state index in [0.717, 1.165) is 16.7 Å². The van der Waals surface area contributed by atoms with E-state index in [1.54, 1.807) is 18.2 Å². The molecule has 6 nitrogen and oxygen atoms in total. The number of benzene rings is 3. The van der Waals surface area contributed by atoms with E-state index >= 15 is 0 Å². The fourth-order valence-corrected chi connectivity index (χ4v) is 3.14. The number of esters is 1. The van der Waals surface area contributed by atoms with Gasteiger partial charge in [-0.25, -0.2) is 0 Å². The van der Waals surface area contributed by atoms with Crippen molar-refractivity contribution >= 4 is 17.6 Å². The van der Waals surface area contributed by atoms with E-state index in [1.165, 1.54) is 0 Å². The summed E-state index contributed by atoms with van der Waals surface area (Å²) in [7, 11) is 0. The van der Waals surface area contributed by atoms with Crippen molar-refractivity contribution in [3.63, 3.8) is 0 Å². The standard InChI is InChI=1S/C24H21NO5/c26-23(25-20-9-7-19(8-10-20)18-4-2-1-3-5-18)16-30-24(27)15-17-6-11-21-22(14-17)29-13-12-28-21/h1-11,14H,12-13,15-16H2,(H,25,26). The Morgan fingerprint density at radius 1 is 0.833 bits per heavy atom. The Kier molecular flexibility index (Phi) is 5.94. The van der Waals surface area contributed by atoms with E-state index in [0.29, 0.717) is 30.4 Å². The second-order valence-electron chi connectivity index (χ2n) is 6.81. The summed E-state index contributed by atoms with van der Waals surface area (Å²) in [6.07, 6.45) is 0.0513. The van der Waals surface area contributed by atoms with Gasteiger partial charge < -0.3 is 19.5 Å². The summed E-state index contributed by atoms with van der Waals surface area (Å²) in [4.78, 5) is 24.2. The SMILES string of the molecule is O=C(COC(=O)Cc1ccc2c(c1)OCCO2)Nc1ccc(-c2ccccc2)cc1. The number of carbonyl (C=O) groups excluding carboxylic acids is 2. The quantitative estimate of drug-likeness (QED) is 0.633. The zero-order valence-corrected chi connectivity index (χ0v) is 16.3. The number of amides is 1. The Balaban J connectivity index is 1.26. The van der Waals surface area contributed by atoms with Gasteiger partial charge in [-0.3, -0.25) is 9.59 Å². The van der Waals surface area contributed by atoms with Crippen LogP contribution in [-0.2, 0) is 20.7 Å². The Morgan fingerprint density at radius 2 is 1.53 bits per heavy atom. The van der Waals surface area contributed by atoms with Crippen molar-refractivity contribution in [1.29, 1.82) is 0 Å². The number of fused-ring (bicyclic) bond motifs is 1. The maximum atomic E-state index is 12.1. The van der Waals surface area contributed by atoms with E-state index in [-0.39, 0.29) is 13.0 Å². The molecule has 0 unspecified atom stereocenters. The van der Waals surface area contributed by atoms with E-state index < -0.39 is 11.9 Å². The number of rotatable bonds is 6. The molecule has 3 aromatic rings. The maximum absolute atomic E-state index is 12.1. The number of hydrogen-bond acceptors (Lipinski definition) is 5. The number of anilines is 1. The minimum Gasteiger partial charge on any atom is -0.486 e. The molecule has 0 atom stereocenters. The van der Waals surface area contributed by atoms with Crippen LogP contribution >= 0.6 is 0 Å². The van der Waals surface area contributed by atoms with E-state index in [1.807, 2.05) is 54.6 Å². The fourth-order valence-electron chi connectivity index (χ4n) is 3.14. The first-order chi connectivity index (χ1) is 14.7. The van der Waals surface area contributed by atoms with Crippen LogP contribution in [-0.4, -0.2) is 31.7 Å². The van der Waals surface area contributed by atoms with Gasteiger partial charge in [0.25, 0.3) is 5.91 Å². The number of hydrogen-bond donors (Lipinski definition) is 1. The summed E-state index contributed by atoms with van der Waals surface area (Å²) in [5, 5.41) is 2.73. The van der Waals surface area contributed by atoms with Gasteiger partial charge in [0.05, 0.1) is 6.42 Å². The highest BCUT2D eigenvalue weighted by Crippen LogP contribution is 2.30. The highest BCUT2D eigenvalue weighted by molar-refractivity contribution is 5.93. The van der Waals surface area contributed by atoms with Gasteiger partial charge in [0, 0.05) is 5.69 Å². The van der Waals surface area contributed by atoms with Gasteiger partial charge in [0.2, 0.25) is 0 Å². The van der Waals surface area contributed by atoms with Crippen LogP contribution in [0.1, 0.15) is 5.56 Å². The van der Waals surface area contributed by atoms with Crippen LogP contribution < -0.4 is 14.8 Å². The van der Waals surface area contributed by atoms with Crippen molar-refractivity contribution < 1.29 is 23.8 Å². The molecule has 0 aliphatic carbocycles. The van der Waals surface area contributed by atoms with E-state index in [9.17, 15) is 9.59 Å². The summed E-state index contributed by atoms with van der Waals surface area (Å²) in [6, 6.07) is 22.8. The van der Waals surface area contributed by atoms with E-state index in [4.69, 9.17) is 14.2 Å². The highest BCUT2D eigenvalue weighted by atomic mass is 16.6. The largest absolute Gasteiger partial charge is 0.486 e. The molecule has 30 heavy (non-hydrogen) atoms. The van der Waals surface area contributed by atoms with Crippen LogP contribution in [0.3, 0.4) is 0 Å². The molecule has 0 saturated heterocycles. The molecule has 1 heterocycles. The zero-order valence-electron chi connectivity index (χ0n) is 16.3. The molecular weight excluding hydrogens is 382 g/mol. The van der Waals surface area contributed by atoms with Crippen molar-refractivity contribution in [2.45, 2.75) is 6.42 Å². The minimum atomic E-state index is -0.485. The highest BCUT2D eigenvalue weighted by Gasteiger charge is 2.14. The molecule has 1 aliphatic heterocycles. The summed E-state index contributed by atoms with van der Waals surface area (Å²) in [5.74, 6) is 0.401. The van der Waals surface area contributed by atoms with Crippen LogP contribution in [0.25, 0.3) is 11.1 Å². The third-order valence-electron chi connectivity index (χ3n) is 4.60. The number of nitrogens with one attached hydrogen (secondary N) is 1. The summed E-state index contributed by atoms with van der Waals surface area (Å²) in [6.45, 7) is 0.649. The van der Waals surface area contributed by atoms with Crippen LogP contribution in [0.4, 0.5) is 5.69 Å². The monoisotopic (exact) mass is 403 g/mol. The van der Waals surface area contributed by atoms with Gasteiger partial charge in [0.1, 0.15) is 13.2 Å². The molecule has 6 heteroatoms. The lowest BCUT2D eigenvalue weighted by Crippen LogP contribution is -2.21. The van der Waals surface area contributed by atoms with Crippen LogP contribution in [0.15, 0.2) is 72.8 Å². The molecule has 3 aromatic carbocycles. The van der Waals surface area contributed by atoms with Gasteiger partial charge in [-0.1, -0.05) is 48.5 Å². The molecule has 1 N–H and O–H groups in total. The summed E-state index contributed by atoms with van der Waals surface area (Å²) < 4.78 is 16.1. The normalized spacial score (nSPS) is 12.1. The average Bonchev–Trinajstić information content (AvgIpc) is 2.79. The molecule has 0 radical (unpaired) electrons. The van der Waals surface area contributed by atoms with Gasteiger partial charge in [-0.15, -0.1) is 0 Å². The predicted molar refractivity (Wildman–Crippen MR) is 113 cm³/mol. The van der Waals surface area contributed by atoms with Gasteiger partial charge >= 0.3 is 5.97 Å². The lowest BCUT2D eigenvalue weighted by Gasteiger charge is -2.18. The minimum absolute atomic E-state index is 0.0513. The molecule has 0 spiro atoms. The molecule has 0 fully saturated rings. The first kappa shape index (κ1) is 19.5. The molecule has 0 aromatic heterocycles.